The van der Waals surface area contributed by atoms with Crippen molar-refractivity contribution in [3.8, 4) is 33.5 Å². The van der Waals surface area contributed by atoms with Gasteiger partial charge >= 0.3 is 0 Å². The molecule has 0 saturated heterocycles. The molecular formula is C23H19N3O3S. The van der Waals surface area contributed by atoms with Crippen molar-refractivity contribution < 1.29 is 14.3 Å². The monoisotopic (exact) mass is 417 g/mol. The minimum atomic E-state index is -0.251. The molecule has 1 amide bonds. The van der Waals surface area contributed by atoms with Crippen molar-refractivity contribution in [2.24, 2.45) is 0 Å². The number of ether oxygens (including phenoxy) is 2. The van der Waals surface area contributed by atoms with Crippen molar-refractivity contribution in [3.63, 3.8) is 0 Å². The number of aromatic nitrogens is 2. The lowest BCUT2D eigenvalue weighted by atomic mass is 10.2. The molecule has 30 heavy (non-hydrogen) atoms. The van der Waals surface area contributed by atoms with E-state index in [1.165, 1.54) is 0 Å². The van der Waals surface area contributed by atoms with E-state index in [-0.39, 0.29) is 12.5 Å². The molecule has 0 bridgehead atoms. The summed E-state index contributed by atoms with van der Waals surface area (Å²) in [5.41, 5.74) is 2.42. The Balaban J connectivity index is 1.37. The Bertz CT molecular complexity index is 1130. The summed E-state index contributed by atoms with van der Waals surface area (Å²) in [4.78, 5) is 22.2. The molecular weight excluding hydrogens is 398 g/mol. The summed E-state index contributed by atoms with van der Waals surface area (Å²) in [7, 11) is 1.58. The minimum Gasteiger partial charge on any atom is -0.497 e. The molecule has 150 valence electrons. The van der Waals surface area contributed by atoms with Crippen LogP contribution in [0.2, 0.25) is 0 Å². The van der Waals surface area contributed by atoms with Gasteiger partial charge in [0.1, 0.15) is 11.5 Å². The van der Waals surface area contributed by atoms with E-state index >= 15 is 0 Å². The van der Waals surface area contributed by atoms with E-state index in [1.807, 2.05) is 47.8 Å². The lowest BCUT2D eigenvalue weighted by Crippen LogP contribution is -2.20. The molecule has 0 atom stereocenters. The summed E-state index contributed by atoms with van der Waals surface area (Å²) in [6, 6.07) is 20.4. The zero-order valence-corrected chi connectivity index (χ0v) is 17.1. The lowest BCUT2D eigenvalue weighted by molar-refractivity contribution is -0.118. The van der Waals surface area contributed by atoms with Gasteiger partial charge in [-0.3, -0.25) is 4.79 Å². The van der Waals surface area contributed by atoms with Crippen LogP contribution in [0.5, 0.6) is 11.5 Å². The van der Waals surface area contributed by atoms with Crippen molar-refractivity contribution in [2.45, 2.75) is 0 Å². The molecule has 2 aromatic carbocycles. The van der Waals surface area contributed by atoms with E-state index < -0.39 is 0 Å². The molecule has 0 aliphatic carbocycles. The molecule has 0 saturated carbocycles. The van der Waals surface area contributed by atoms with Crippen LogP contribution in [0.25, 0.3) is 22.0 Å². The molecule has 6 nitrogen and oxygen atoms in total. The molecule has 4 aromatic rings. The number of carbonyl (C=O) groups is 1. The summed E-state index contributed by atoms with van der Waals surface area (Å²) in [6.07, 6.45) is 1.75. The number of anilines is 1. The van der Waals surface area contributed by atoms with Gasteiger partial charge in [-0.05, 0) is 53.9 Å². The molecule has 4 rings (SSSR count). The fourth-order valence-corrected chi connectivity index (χ4v) is 3.50. The van der Waals surface area contributed by atoms with Crippen LogP contribution in [0, 0.1) is 0 Å². The van der Waals surface area contributed by atoms with Gasteiger partial charge in [-0.1, -0.05) is 12.1 Å². The molecule has 0 aliphatic rings. The van der Waals surface area contributed by atoms with E-state index in [4.69, 9.17) is 9.47 Å². The second-order valence-corrected chi connectivity index (χ2v) is 7.28. The second kappa shape index (κ2) is 9.19. The van der Waals surface area contributed by atoms with Crippen LogP contribution in [0.1, 0.15) is 0 Å². The van der Waals surface area contributed by atoms with Gasteiger partial charge in [0.05, 0.1) is 17.7 Å². The minimum absolute atomic E-state index is 0.0963. The Morgan fingerprint density at radius 2 is 1.90 bits per heavy atom. The highest BCUT2D eigenvalue weighted by molar-refractivity contribution is 7.13. The Labute approximate surface area is 178 Å². The van der Waals surface area contributed by atoms with Gasteiger partial charge in [-0.15, -0.1) is 11.3 Å². The first-order valence-electron chi connectivity index (χ1n) is 9.25. The first-order chi connectivity index (χ1) is 14.7. The summed E-state index contributed by atoms with van der Waals surface area (Å²) in [5.74, 6) is 1.66. The Morgan fingerprint density at radius 1 is 1.03 bits per heavy atom. The van der Waals surface area contributed by atoms with Crippen molar-refractivity contribution in [1.82, 2.24) is 9.97 Å². The number of rotatable bonds is 7. The third kappa shape index (κ3) is 4.82. The van der Waals surface area contributed by atoms with Gasteiger partial charge in [0, 0.05) is 23.5 Å². The number of nitrogens with one attached hydrogen (secondary N) is 1. The number of benzene rings is 2. The van der Waals surface area contributed by atoms with Crippen LogP contribution in [0.3, 0.4) is 0 Å². The van der Waals surface area contributed by atoms with Crippen molar-refractivity contribution in [1.29, 1.82) is 0 Å². The lowest BCUT2D eigenvalue weighted by Gasteiger charge is -2.09. The standard InChI is InChI=1S/C23H19N3O3S/c1-28-19-5-2-4-17(14-19)25-22(27)15-29-18-9-7-16(8-10-18)23-24-12-11-20(26-23)21-6-3-13-30-21/h2-14H,15H2,1H3,(H,25,27). The number of methoxy groups -OCH3 is 1. The molecule has 0 radical (unpaired) electrons. The van der Waals surface area contributed by atoms with Crippen molar-refractivity contribution in [3.05, 3.63) is 78.3 Å². The SMILES string of the molecule is COc1cccc(NC(=O)COc2ccc(-c3nccc(-c4cccs4)n3)cc2)c1. The smallest absolute Gasteiger partial charge is 0.262 e. The van der Waals surface area contributed by atoms with Gasteiger partial charge in [-0.2, -0.15) is 0 Å². The quantitative estimate of drug-likeness (QED) is 0.463. The van der Waals surface area contributed by atoms with E-state index in [0.29, 0.717) is 23.0 Å². The summed E-state index contributed by atoms with van der Waals surface area (Å²) >= 11 is 1.64. The molecule has 2 heterocycles. The van der Waals surface area contributed by atoms with Gasteiger partial charge in [0.15, 0.2) is 12.4 Å². The maximum atomic E-state index is 12.1. The normalized spacial score (nSPS) is 10.4. The molecule has 7 heteroatoms. The predicted octanol–water partition coefficient (Wildman–Crippen LogP) is 4.90. The zero-order valence-electron chi connectivity index (χ0n) is 16.2. The highest BCUT2D eigenvalue weighted by Crippen LogP contribution is 2.25. The second-order valence-electron chi connectivity index (χ2n) is 6.34. The third-order valence-corrected chi connectivity index (χ3v) is 5.16. The molecule has 0 spiro atoms. The number of hydrogen-bond donors (Lipinski definition) is 1. The largest absolute Gasteiger partial charge is 0.497 e. The Hall–Kier alpha value is -3.71. The average molecular weight is 417 g/mol. The highest BCUT2D eigenvalue weighted by atomic mass is 32.1. The van der Waals surface area contributed by atoms with Crippen LogP contribution in [-0.4, -0.2) is 29.6 Å². The average Bonchev–Trinajstić information content (AvgIpc) is 3.33. The molecule has 1 N–H and O–H groups in total. The number of carbonyl (C=O) groups excluding carboxylic acids is 1. The van der Waals surface area contributed by atoms with Crippen LogP contribution in [0.15, 0.2) is 78.3 Å². The molecule has 0 unspecified atom stereocenters. The molecule has 0 aliphatic heterocycles. The van der Waals surface area contributed by atoms with Crippen molar-refractivity contribution >= 4 is 22.9 Å². The van der Waals surface area contributed by atoms with Gasteiger partial charge in [0.25, 0.3) is 5.91 Å². The zero-order chi connectivity index (χ0) is 20.8. The van der Waals surface area contributed by atoms with Gasteiger partial charge in [-0.25, -0.2) is 9.97 Å². The maximum absolute atomic E-state index is 12.1. The summed E-state index contributed by atoms with van der Waals surface area (Å²) in [5, 5.41) is 4.80. The van der Waals surface area contributed by atoms with Gasteiger partial charge < -0.3 is 14.8 Å². The topological polar surface area (TPSA) is 73.3 Å². The fourth-order valence-electron chi connectivity index (χ4n) is 2.81. The first kappa shape index (κ1) is 19.6. The maximum Gasteiger partial charge on any atom is 0.262 e. The third-order valence-electron chi connectivity index (χ3n) is 4.27. The predicted molar refractivity (Wildman–Crippen MR) is 118 cm³/mol. The Morgan fingerprint density at radius 3 is 2.67 bits per heavy atom. The first-order valence-corrected chi connectivity index (χ1v) is 10.1. The van der Waals surface area contributed by atoms with Crippen LogP contribution in [-0.2, 0) is 4.79 Å². The fraction of sp³-hybridized carbons (Fsp3) is 0.0870. The molecule has 2 aromatic heterocycles. The summed E-state index contributed by atoms with van der Waals surface area (Å²) in [6.45, 7) is -0.0963. The van der Waals surface area contributed by atoms with Gasteiger partial charge in [0.2, 0.25) is 0 Å². The number of amides is 1. The van der Waals surface area contributed by atoms with Crippen LogP contribution < -0.4 is 14.8 Å². The molecule has 0 fully saturated rings. The van der Waals surface area contributed by atoms with Crippen LogP contribution >= 0.6 is 11.3 Å². The number of nitrogens with zero attached hydrogens (tertiary/aromatic N) is 2. The van der Waals surface area contributed by atoms with Crippen molar-refractivity contribution in [2.75, 3.05) is 19.0 Å². The number of hydrogen-bond acceptors (Lipinski definition) is 6. The summed E-state index contributed by atoms with van der Waals surface area (Å²) < 4.78 is 10.7. The van der Waals surface area contributed by atoms with E-state index in [2.05, 4.69) is 15.3 Å². The van der Waals surface area contributed by atoms with E-state index in [9.17, 15) is 4.79 Å². The van der Waals surface area contributed by atoms with E-state index in [0.717, 1.165) is 16.1 Å². The number of thiophene rings is 1. The van der Waals surface area contributed by atoms with Crippen LogP contribution in [0.4, 0.5) is 5.69 Å². The highest BCUT2D eigenvalue weighted by Gasteiger charge is 2.08. The van der Waals surface area contributed by atoms with E-state index in [1.54, 1.807) is 48.9 Å². The Kier molecular flexibility index (Phi) is 6.01.